The van der Waals surface area contributed by atoms with Gasteiger partial charge in [0, 0.05) is 18.5 Å². The molecule has 0 amide bonds. The topological polar surface area (TPSA) is 46.3 Å². The maximum atomic E-state index is 13.5. The number of hydrogen-bond donors (Lipinski definition) is 0. The van der Waals surface area contributed by atoms with Crippen LogP contribution in [0.3, 0.4) is 0 Å². The summed E-state index contributed by atoms with van der Waals surface area (Å²) in [6.45, 7) is 3.78. The Balaban J connectivity index is 1.65. The summed E-state index contributed by atoms with van der Waals surface area (Å²) >= 11 is 0. The van der Waals surface area contributed by atoms with Crippen LogP contribution in [0, 0.1) is 11.6 Å². The Bertz CT molecular complexity index is 1010. The number of piperidine rings is 1. The van der Waals surface area contributed by atoms with Crippen molar-refractivity contribution in [2.45, 2.75) is 38.2 Å². The number of rotatable bonds is 4. The summed E-state index contributed by atoms with van der Waals surface area (Å²) in [5.74, 6) is -1.61. The summed E-state index contributed by atoms with van der Waals surface area (Å²) < 4.78 is 54.8. The van der Waals surface area contributed by atoms with E-state index in [0.717, 1.165) is 25.5 Å². The Labute approximate surface area is 159 Å². The summed E-state index contributed by atoms with van der Waals surface area (Å²) in [5.41, 5.74) is 0.502. The molecule has 0 N–H and O–H groups in total. The summed E-state index contributed by atoms with van der Waals surface area (Å²) in [5, 5.41) is 4.16. The maximum Gasteiger partial charge on any atom is 0.280 e. The average molecular weight is 393 g/mol. The molecule has 0 unspecified atom stereocenters. The number of hydrogen-bond acceptors (Lipinski definition) is 4. The standard InChI is InChI=1S/C19H19F4N5/c1-19(16-8-15(17(22)23)26-18-24-11-25-28(16)18)5-2-6-27(10-19)9-12-3-4-13(20)14(21)7-12/h3-4,7-8,11,17H,2,5-6,9-10H2,1H3/t19-/m0/s1. The first-order valence-electron chi connectivity index (χ1n) is 9.01. The molecule has 3 heterocycles. The predicted octanol–water partition coefficient (Wildman–Crippen LogP) is 3.89. The van der Waals surface area contributed by atoms with Gasteiger partial charge in [0.05, 0.1) is 5.69 Å². The molecule has 1 fully saturated rings. The molecule has 3 aromatic rings. The number of fused-ring (bicyclic) bond motifs is 1. The highest BCUT2D eigenvalue weighted by molar-refractivity contribution is 5.34. The first kappa shape index (κ1) is 18.8. The van der Waals surface area contributed by atoms with Crippen molar-refractivity contribution >= 4 is 5.78 Å². The van der Waals surface area contributed by atoms with E-state index in [1.54, 1.807) is 6.07 Å². The number of benzene rings is 1. The quantitative estimate of drug-likeness (QED) is 0.631. The molecule has 1 saturated heterocycles. The van der Waals surface area contributed by atoms with E-state index in [0.29, 0.717) is 24.3 Å². The van der Waals surface area contributed by atoms with Gasteiger partial charge in [-0.1, -0.05) is 13.0 Å². The molecule has 0 radical (unpaired) electrons. The van der Waals surface area contributed by atoms with Crippen molar-refractivity contribution < 1.29 is 17.6 Å². The first-order chi connectivity index (χ1) is 13.4. The number of aromatic nitrogens is 4. The van der Waals surface area contributed by atoms with Crippen LogP contribution in [0.1, 0.15) is 43.1 Å². The Morgan fingerprint density at radius 1 is 1.18 bits per heavy atom. The van der Waals surface area contributed by atoms with E-state index in [-0.39, 0.29) is 11.5 Å². The number of likely N-dealkylation sites (tertiary alicyclic amines) is 1. The van der Waals surface area contributed by atoms with Gasteiger partial charge in [-0.25, -0.2) is 27.1 Å². The SMILES string of the molecule is C[C@]1(c2cc(C(F)F)nc3ncnn23)CCCN(Cc2ccc(F)c(F)c2)C1. The normalized spacial score (nSPS) is 20.9. The van der Waals surface area contributed by atoms with Crippen LogP contribution in [0.2, 0.25) is 0 Å². The van der Waals surface area contributed by atoms with Crippen molar-refractivity contribution in [2.24, 2.45) is 0 Å². The van der Waals surface area contributed by atoms with Gasteiger partial charge >= 0.3 is 0 Å². The molecule has 0 bridgehead atoms. The zero-order valence-electron chi connectivity index (χ0n) is 15.2. The molecule has 5 nitrogen and oxygen atoms in total. The lowest BCUT2D eigenvalue weighted by Gasteiger charge is -2.40. The monoisotopic (exact) mass is 393 g/mol. The number of halogens is 4. The van der Waals surface area contributed by atoms with Crippen molar-refractivity contribution in [3.63, 3.8) is 0 Å². The van der Waals surface area contributed by atoms with E-state index < -0.39 is 23.5 Å². The zero-order valence-corrected chi connectivity index (χ0v) is 15.2. The highest BCUT2D eigenvalue weighted by atomic mass is 19.3. The van der Waals surface area contributed by atoms with E-state index in [2.05, 4.69) is 20.0 Å². The third kappa shape index (κ3) is 3.46. The largest absolute Gasteiger partial charge is 0.298 e. The average Bonchev–Trinajstić information content (AvgIpc) is 3.12. The van der Waals surface area contributed by atoms with Gasteiger partial charge in [0.15, 0.2) is 11.6 Å². The second-order valence-electron chi connectivity index (χ2n) is 7.46. The summed E-state index contributed by atoms with van der Waals surface area (Å²) in [6.07, 6.45) is 0.212. The fourth-order valence-corrected chi connectivity index (χ4v) is 3.96. The Morgan fingerprint density at radius 3 is 2.75 bits per heavy atom. The highest BCUT2D eigenvalue weighted by Crippen LogP contribution is 2.35. The van der Waals surface area contributed by atoms with Crippen molar-refractivity contribution in [2.75, 3.05) is 13.1 Å². The van der Waals surface area contributed by atoms with Gasteiger partial charge in [-0.15, -0.1) is 0 Å². The van der Waals surface area contributed by atoms with Gasteiger partial charge in [0.2, 0.25) is 0 Å². The van der Waals surface area contributed by atoms with Gasteiger partial charge in [-0.2, -0.15) is 10.1 Å². The molecule has 28 heavy (non-hydrogen) atoms. The molecule has 9 heteroatoms. The van der Waals surface area contributed by atoms with Gasteiger partial charge in [0.1, 0.15) is 12.0 Å². The lowest BCUT2D eigenvalue weighted by Crippen LogP contribution is -2.45. The van der Waals surface area contributed by atoms with Crippen LogP contribution < -0.4 is 0 Å². The zero-order chi connectivity index (χ0) is 19.9. The van der Waals surface area contributed by atoms with Gasteiger partial charge < -0.3 is 0 Å². The Kier molecular flexibility index (Phi) is 4.78. The lowest BCUT2D eigenvalue weighted by atomic mass is 9.78. The van der Waals surface area contributed by atoms with E-state index in [1.807, 2.05) is 6.92 Å². The predicted molar refractivity (Wildman–Crippen MR) is 94.0 cm³/mol. The molecular formula is C19H19F4N5. The summed E-state index contributed by atoms with van der Waals surface area (Å²) in [7, 11) is 0. The molecule has 0 spiro atoms. The van der Waals surface area contributed by atoms with Crippen LogP contribution in [-0.2, 0) is 12.0 Å². The Morgan fingerprint density at radius 2 is 2.00 bits per heavy atom. The molecule has 0 saturated carbocycles. The first-order valence-corrected chi connectivity index (χ1v) is 9.01. The van der Waals surface area contributed by atoms with Crippen LogP contribution in [0.25, 0.3) is 5.78 Å². The van der Waals surface area contributed by atoms with Crippen molar-refractivity contribution in [3.8, 4) is 0 Å². The van der Waals surface area contributed by atoms with Crippen LogP contribution >= 0.6 is 0 Å². The van der Waals surface area contributed by atoms with E-state index in [1.165, 1.54) is 23.0 Å². The van der Waals surface area contributed by atoms with Crippen LogP contribution in [-0.4, -0.2) is 37.6 Å². The van der Waals surface area contributed by atoms with Crippen molar-refractivity contribution in [1.29, 1.82) is 0 Å². The van der Waals surface area contributed by atoms with Crippen molar-refractivity contribution in [1.82, 2.24) is 24.5 Å². The molecule has 1 atom stereocenters. The van der Waals surface area contributed by atoms with E-state index in [9.17, 15) is 17.6 Å². The van der Waals surface area contributed by atoms with Crippen LogP contribution in [0.5, 0.6) is 0 Å². The molecule has 148 valence electrons. The minimum Gasteiger partial charge on any atom is -0.298 e. The second-order valence-corrected chi connectivity index (χ2v) is 7.46. The van der Waals surface area contributed by atoms with E-state index in [4.69, 9.17) is 0 Å². The molecule has 1 aromatic carbocycles. The van der Waals surface area contributed by atoms with Gasteiger partial charge in [-0.05, 0) is 43.1 Å². The van der Waals surface area contributed by atoms with Crippen LogP contribution in [0.4, 0.5) is 17.6 Å². The lowest BCUT2D eigenvalue weighted by molar-refractivity contribution is 0.139. The maximum absolute atomic E-state index is 13.5. The van der Waals surface area contributed by atoms with Gasteiger partial charge in [0.25, 0.3) is 12.2 Å². The summed E-state index contributed by atoms with van der Waals surface area (Å²) in [4.78, 5) is 9.96. The summed E-state index contributed by atoms with van der Waals surface area (Å²) in [6, 6.07) is 5.26. The fraction of sp³-hybridized carbons (Fsp3) is 0.421. The Hall–Kier alpha value is -2.55. The highest BCUT2D eigenvalue weighted by Gasteiger charge is 2.36. The minimum atomic E-state index is -2.70. The second kappa shape index (κ2) is 7.12. The molecule has 2 aromatic heterocycles. The third-order valence-corrected chi connectivity index (χ3v) is 5.28. The molecule has 4 rings (SSSR count). The van der Waals surface area contributed by atoms with Gasteiger partial charge in [-0.3, -0.25) is 4.90 Å². The fourth-order valence-electron chi connectivity index (χ4n) is 3.96. The minimum absolute atomic E-state index is 0.145. The molecule has 1 aliphatic heterocycles. The van der Waals surface area contributed by atoms with Crippen LogP contribution in [0.15, 0.2) is 30.6 Å². The number of nitrogens with zero attached hydrogens (tertiary/aromatic N) is 5. The van der Waals surface area contributed by atoms with Crippen molar-refractivity contribution in [3.05, 3.63) is 59.2 Å². The number of alkyl halides is 2. The smallest absolute Gasteiger partial charge is 0.280 e. The third-order valence-electron chi connectivity index (χ3n) is 5.28. The van der Waals surface area contributed by atoms with E-state index >= 15 is 0 Å². The molecule has 1 aliphatic rings. The molecule has 0 aliphatic carbocycles. The molecular weight excluding hydrogens is 374 g/mol.